The smallest absolute Gasteiger partial charge is 0.223 e. The number of amides is 1. The summed E-state index contributed by atoms with van der Waals surface area (Å²) in [5.41, 5.74) is 2.43. The van der Waals surface area contributed by atoms with Crippen LogP contribution in [-0.4, -0.2) is 74.4 Å². The molecule has 0 radical (unpaired) electrons. The van der Waals surface area contributed by atoms with E-state index in [2.05, 4.69) is 48.3 Å². The van der Waals surface area contributed by atoms with Gasteiger partial charge in [0.25, 0.3) is 0 Å². The number of fused-ring (bicyclic) bond motifs is 1. The Balaban J connectivity index is 1.34. The van der Waals surface area contributed by atoms with Crippen LogP contribution >= 0.6 is 11.3 Å². The standard InChI is InChI=1S/C24H30N6O4S2/c1-16-23(35-24(27-16)28-17(2)31)36(32,33)14-18-4-3-7-30(13-18)22-20-6-5-19(12-21(20)25-15-26-22)29-8-10-34-11-9-29/h5-6,12,15,18H,3-4,7-11,13-14H2,1-2H3,(H,27,28,31). The topological polar surface area (TPSA) is 118 Å². The van der Waals surface area contributed by atoms with Gasteiger partial charge in [-0.15, -0.1) is 0 Å². The van der Waals surface area contributed by atoms with Crippen LogP contribution < -0.4 is 15.1 Å². The Labute approximate surface area is 214 Å². The molecule has 2 saturated heterocycles. The molecular weight excluding hydrogens is 500 g/mol. The number of thiazole rings is 1. The van der Waals surface area contributed by atoms with Gasteiger partial charge in [-0.3, -0.25) is 4.79 Å². The highest BCUT2D eigenvalue weighted by Crippen LogP contribution is 2.33. The fraction of sp³-hybridized carbons (Fsp3) is 0.500. The molecule has 1 N–H and O–H groups in total. The number of anilines is 3. The number of rotatable bonds is 6. The lowest BCUT2D eigenvalue weighted by atomic mass is 9.99. The summed E-state index contributed by atoms with van der Waals surface area (Å²) in [7, 11) is -3.54. The summed E-state index contributed by atoms with van der Waals surface area (Å²) < 4.78 is 32.2. The Morgan fingerprint density at radius 3 is 2.78 bits per heavy atom. The van der Waals surface area contributed by atoms with Crippen molar-refractivity contribution in [2.24, 2.45) is 5.92 Å². The second kappa shape index (κ2) is 10.3. The summed E-state index contributed by atoms with van der Waals surface area (Å²) in [4.78, 5) is 29.2. The molecular formula is C24H30N6O4S2. The number of aromatic nitrogens is 3. The molecule has 12 heteroatoms. The maximum atomic E-state index is 13.3. The van der Waals surface area contributed by atoms with Crippen molar-refractivity contribution in [3.8, 4) is 0 Å². The fourth-order valence-corrected chi connectivity index (χ4v) is 8.19. The minimum absolute atomic E-state index is 0.0351. The van der Waals surface area contributed by atoms with E-state index in [4.69, 9.17) is 4.74 Å². The fourth-order valence-electron chi connectivity index (χ4n) is 4.96. The molecule has 0 spiro atoms. The van der Waals surface area contributed by atoms with E-state index < -0.39 is 9.84 Å². The second-order valence-corrected chi connectivity index (χ2v) is 12.5. The SMILES string of the molecule is CC(=O)Nc1nc(C)c(S(=O)(=O)CC2CCCN(c3ncnc4cc(N5CCOCC5)ccc34)C2)s1. The molecule has 0 aliphatic carbocycles. The quantitative estimate of drug-likeness (QED) is 0.513. The number of aryl methyl sites for hydroxylation is 1. The molecule has 1 aromatic carbocycles. The number of carbonyl (C=O) groups is 1. The Bertz CT molecular complexity index is 1370. The highest BCUT2D eigenvalue weighted by atomic mass is 32.2. The number of hydrogen-bond donors (Lipinski definition) is 1. The maximum Gasteiger partial charge on any atom is 0.223 e. The van der Waals surface area contributed by atoms with Crippen molar-refractivity contribution in [1.29, 1.82) is 0 Å². The Morgan fingerprint density at radius 2 is 2.00 bits per heavy atom. The zero-order valence-corrected chi connectivity index (χ0v) is 22.1. The van der Waals surface area contributed by atoms with Crippen molar-refractivity contribution in [1.82, 2.24) is 15.0 Å². The monoisotopic (exact) mass is 530 g/mol. The lowest BCUT2D eigenvalue weighted by Gasteiger charge is -2.34. The molecule has 3 aromatic rings. The minimum atomic E-state index is -3.54. The summed E-state index contributed by atoms with van der Waals surface area (Å²) in [6.45, 7) is 7.63. The van der Waals surface area contributed by atoms with E-state index in [0.29, 0.717) is 17.4 Å². The van der Waals surface area contributed by atoms with Gasteiger partial charge in [-0.2, -0.15) is 0 Å². The summed E-state index contributed by atoms with van der Waals surface area (Å²) in [5, 5.41) is 3.87. The van der Waals surface area contributed by atoms with Crippen LogP contribution in [0.5, 0.6) is 0 Å². The molecule has 1 amide bonds. The van der Waals surface area contributed by atoms with Gasteiger partial charge in [-0.05, 0) is 43.9 Å². The van der Waals surface area contributed by atoms with Gasteiger partial charge in [-0.25, -0.2) is 23.4 Å². The zero-order valence-electron chi connectivity index (χ0n) is 20.4. The van der Waals surface area contributed by atoms with Crippen LogP contribution in [0, 0.1) is 12.8 Å². The number of nitrogens with zero attached hydrogens (tertiary/aromatic N) is 5. The van der Waals surface area contributed by atoms with Crippen molar-refractivity contribution >= 4 is 54.6 Å². The molecule has 2 aromatic heterocycles. The Kier molecular flexibility index (Phi) is 7.09. The van der Waals surface area contributed by atoms with Crippen molar-refractivity contribution in [3.05, 3.63) is 30.2 Å². The summed E-state index contributed by atoms with van der Waals surface area (Å²) in [6, 6.07) is 6.27. The van der Waals surface area contributed by atoms with E-state index in [0.717, 1.165) is 79.4 Å². The number of benzene rings is 1. The molecule has 4 heterocycles. The van der Waals surface area contributed by atoms with E-state index in [9.17, 15) is 13.2 Å². The molecule has 2 aliphatic rings. The summed E-state index contributed by atoms with van der Waals surface area (Å²) in [6.07, 6.45) is 3.30. The number of carbonyl (C=O) groups excluding carboxylic acids is 1. The molecule has 36 heavy (non-hydrogen) atoms. The van der Waals surface area contributed by atoms with Gasteiger partial charge in [0, 0.05) is 44.2 Å². The minimum Gasteiger partial charge on any atom is -0.378 e. The molecule has 2 fully saturated rings. The second-order valence-electron chi connectivity index (χ2n) is 9.31. The Morgan fingerprint density at radius 1 is 1.19 bits per heavy atom. The van der Waals surface area contributed by atoms with Gasteiger partial charge in [0.1, 0.15) is 16.4 Å². The highest BCUT2D eigenvalue weighted by molar-refractivity contribution is 7.93. The number of ether oxygens (including phenoxy) is 1. The normalized spacial score (nSPS) is 19.0. The predicted octanol–water partition coefficient (Wildman–Crippen LogP) is 2.88. The van der Waals surface area contributed by atoms with Gasteiger partial charge in [0.05, 0.1) is 30.2 Å². The van der Waals surface area contributed by atoms with Crippen LogP contribution in [0.3, 0.4) is 0 Å². The van der Waals surface area contributed by atoms with Gasteiger partial charge >= 0.3 is 0 Å². The van der Waals surface area contributed by atoms with E-state index in [-0.39, 0.29) is 21.8 Å². The van der Waals surface area contributed by atoms with Gasteiger partial charge < -0.3 is 19.9 Å². The van der Waals surface area contributed by atoms with Crippen LogP contribution in [0.2, 0.25) is 0 Å². The third kappa shape index (κ3) is 5.30. The number of morpholine rings is 1. The van der Waals surface area contributed by atoms with Gasteiger partial charge in [0.15, 0.2) is 15.0 Å². The first-order valence-corrected chi connectivity index (χ1v) is 14.6. The lowest BCUT2D eigenvalue weighted by molar-refractivity contribution is -0.114. The van der Waals surface area contributed by atoms with Gasteiger partial charge in [0.2, 0.25) is 5.91 Å². The zero-order chi connectivity index (χ0) is 25.3. The number of hydrogen-bond acceptors (Lipinski definition) is 10. The predicted molar refractivity (Wildman–Crippen MR) is 141 cm³/mol. The van der Waals surface area contributed by atoms with Crippen LogP contribution in [0.25, 0.3) is 10.9 Å². The first kappa shape index (κ1) is 24.8. The third-order valence-electron chi connectivity index (χ3n) is 6.57. The molecule has 1 unspecified atom stereocenters. The van der Waals surface area contributed by atoms with E-state index in [1.54, 1.807) is 13.3 Å². The van der Waals surface area contributed by atoms with Gasteiger partial charge in [-0.1, -0.05) is 11.3 Å². The van der Waals surface area contributed by atoms with Crippen molar-refractivity contribution in [2.75, 3.05) is 60.3 Å². The van der Waals surface area contributed by atoms with Crippen molar-refractivity contribution in [2.45, 2.75) is 30.9 Å². The van der Waals surface area contributed by atoms with Crippen molar-refractivity contribution in [3.63, 3.8) is 0 Å². The van der Waals surface area contributed by atoms with Crippen LogP contribution in [0.1, 0.15) is 25.5 Å². The number of piperidine rings is 1. The highest BCUT2D eigenvalue weighted by Gasteiger charge is 2.30. The van der Waals surface area contributed by atoms with E-state index in [1.165, 1.54) is 6.92 Å². The van der Waals surface area contributed by atoms with E-state index >= 15 is 0 Å². The largest absolute Gasteiger partial charge is 0.378 e. The first-order chi connectivity index (χ1) is 17.3. The first-order valence-electron chi connectivity index (χ1n) is 12.1. The molecule has 10 nitrogen and oxygen atoms in total. The molecule has 0 bridgehead atoms. The Hall–Kier alpha value is -2.83. The van der Waals surface area contributed by atoms with Crippen LogP contribution in [0.15, 0.2) is 28.7 Å². The number of sulfone groups is 1. The molecule has 5 rings (SSSR count). The van der Waals surface area contributed by atoms with E-state index in [1.807, 2.05) is 0 Å². The van der Waals surface area contributed by atoms with Crippen LogP contribution in [0.4, 0.5) is 16.6 Å². The van der Waals surface area contributed by atoms with Crippen molar-refractivity contribution < 1.29 is 17.9 Å². The third-order valence-corrected chi connectivity index (χ3v) is 10.2. The van der Waals surface area contributed by atoms with Crippen LogP contribution in [-0.2, 0) is 19.4 Å². The lowest BCUT2D eigenvalue weighted by Crippen LogP contribution is -2.38. The summed E-state index contributed by atoms with van der Waals surface area (Å²) in [5.74, 6) is 0.574. The molecule has 192 valence electrons. The molecule has 0 saturated carbocycles. The average molecular weight is 531 g/mol. The molecule has 2 aliphatic heterocycles. The number of nitrogens with one attached hydrogen (secondary N) is 1. The molecule has 1 atom stereocenters. The maximum absolute atomic E-state index is 13.3. The summed E-state index contributed by atoms with van der Waals surface area (Å²) >= 11 is 1.02. The average Bonchev–Trinajstić information content (AvgIpc) is 3.24.